The second-order valence-corrected chi connectivity index (χ2v) is 5.67. The minimum absolute atomic E-state index is 0.0591. The highest BCUT2D eigenvalue weighted by molar-refractivity contribution is 5.77. The Morgan fingerprint density at radius 3 is 2.38 bits per heavy atom. The van der Waals surface area contributed by atoms with Crippen molar-refractivity contribution in [1.82, 2.24) is 4.90 Å². The lowest BCUT2D eigenvalue weighted by molar-refractivity contribution is -0.128. The highest BCUT2D eigenvalue weighted by Gasteiger charge is 2.19. The van der Waals surface area contributed by atoms with E-state index in [1.807, 2.05) is 48.5 Å². The summed E-state index contributed by atoms with van der Waals surface area (Å²) in [6, 6.07) is 15.3. The molecule has 2 aromatic rings. The van der Waals surface area contributed by atoms with Crippen LogP contribution in [0.15, 0.2) is 48.5 Å². The van der Waals surface area contributed by atoms with Gasteiger partial charge in [0.25, 0.3) is 0 Å². The number of ether oxygens (including phenoxy) is 2. The average molecular weight is 328 g/mol. The van der Waals surface area contributed by atoms with Crippen LogP contribution in [0, 0.1) is 0 Å². The van der Waals surface area contributed by atoms with E-state index in [-0.39, 0.29) is 11.9 Å². The predicted octanol–water partition coefficient (Wildman–Crippen LogP) is 3.34. The van der Waals surface area contributed by atoms with Crippen LogP contribution < -0.4 is 14.8 Å². The molecule has 0 aliphatic heterocycles. The number of hydrogen-bond donors (Lipinski definition) is 1. The first-order valence-electron chi connectivity index (χ1n) is 7.78. The Labute approximate surface area is 143 Å². The molecule has 5 heteroatoms. The van der Waals surface area contributed by atoms with Gasteiger partial charge in [0.05, 0.1) is 32.4 Å². The molecule has 0 saturated carbocycles. The third-order valence-corrected chi connectivity index (χ3v) is 3.82. The number of carbonyl (C=O) groups is 1. The molecule has 0 bridgehead atoms. The lowest BCUT2D eigenvalue weighted by atomic mass is 10.0. The number of hydrogen-bond acceptors (Lipinski definition) is 4. The van der Waals surface area contributed by atoms with E-state index in [0.29, 0.717) is 12.2 Å². The fraction of sp³-hybridized carbons (Fsp3) is 0.316. The van der Waals surface area contributed by atoms with Gasteiger partial charge in [0.1, 0.15) is 11.5 Å². The predicted molar refractivity (Wildman–Crippen MR) is 95.7 cm³/mol. The van der Waals surface area contributed by atoms with Crippen LogP contribution in [0.1, 0.15) is 18.0 Å². The lowest BCUT2D eigenvalue weighted by Gasteiger charge is -2.23. The van der Waals surface area contributed by atoms with Gasteiger partial charge in [-0.15, -0.1) is 0 Å². The molecule has 128 valence electrons. The second-order valence-electron chi connectivity index (χ2n) is 5.67. The van der Waals surface area contributed by atoms with E-state index in [4.69, 9.17) is 9.47 Å². The van der Waals surface area contributed by atoms with Gasteiger partial charge in [-0.2, -0.15) is 0 Å². The zero-order valence-electron chi connectivity index (χ0n) is 14.6. The number of carbonyl (C=O) groups excluding carboxylic acids is 1. The molecule has 1 amide bonds. The second kappa shape index (κ2) is 8.24. The van der Waals surface area contributed by atoms with Crippen molar-refractivity contribution in [3.63, 3.8) is 0 Å². The van der Waals surface area contributed by atoms with Crippen LogP contribution in [-0.4, -0.2) is 39.1 Å². The number of rotatable bonds is 7. The number of nitrogens with zero attached hydrogens (tertiary/aromatic N) is 1. The van der Waals surface area contributed by atoms with Gasteiger partial charge in [0.15, 0.2) is 0 Å². The number of benzene rings is 2. The molecule has 0 heterocycles. The zero-order valence-corrected chi connectivity index (χ0v) is 14.6. The minimum atomic E-state index is -0.150. The van der Waals surface area contributed by atoms with E-state index in [0.717, 1.165) is 17.0 Å². The number of amides is 1. The van der Waals surface area contributed by atoms with E-state index in [2.05, 4.69) is 5.32 Å². The van der Waals surface area contributed by atoms with E-state index < -0.39 is 0 Å². The molecule has 24 heavy (non-hydrogen) atoms. The van der Waals surface area contributed by atoms with Gasteiger partial charge < -0.3 is 19.7 Å². The van der Waals surface area contributed by atoms with Gasteiger partial charge >= 0.3 is 0 Å². The van der Waals surface area contributed by atoms with Gasteiger partial charge in [0, 0.05) is 20.2 Å². The van der Waals surface area contributed by atoms with E-state index in [9.17, 15) is 4.79 Å². The molecule has 2 rings (SSSR count). The van der Waals surface area contributed by atoms with E-state index in [1.165, 1.54) is 0 Å². The average Bonchev–Trinajstić information content (AvgIpc) is 2.61. The van der Waals surface area contributed by atoms with E-state index >= 15 is 0 Å². The molecular weight excluding hydrogens is 304 g/mol. The summed E-state index contributed by atoms with van der Waals surface area (Å²) in [5, 5.41) is 3.42. The standard InChI is InChI=1S/C19H24N2O3/c1-21(2)19(22)13-17(14-8-6-5-7-9-14)20-16-11-10-15(23-3)12-18(16)24-4/h5-12,17,20H,13H2,1-4H3/t17-/m0/s1. The first-order valence-corrected chi connectivity index (χ1v) is 7.78. The van der Waals surface area contributed by atoms with Crippen molar-refractivity contribution in [2.75, 3.05) is 33.6 Å². The highest BCUT2D eigenvalue weighted by Crippen LogP contribution is 2.33. The summed E-state index contributed by atoms with van der Waals surface area (Å²) in [7, 11) is 6.75. The minimum Gasteiger partial charge on any atom is -0.497 e. The molecule has 0 saturated heterocycles. The Morgan fingerprint density at radius 2 is 1.79 bits per heavy atom. The van der Waals surface area contributed by atoms with Crippen LogP contribution in [-0.2, 0) is 4.79 Å². The first kappa shape index (κ1) is 17.7. The van der Waals surface area contributed by atoms with Crippen LogP contribution in [0.5, 0.6) is 11.5 Å². The lowest BCUT2D eigenvalue weighted by Crippen LogP contribution is -2.26. The van der Waals surface area contributed by atoms with Crippen molar-refractivity contribution < 1.29 is 14.3 Å². The SMILES string of the molecule is COc1ccc(N[C@@H](CC(=O)N(C)C)c2ccccc2)c(OC)c1. The van der Waals surface area contributed by atoms with Crippen LogP contribution in [0.25, 0.3) is 0 Å². The molecule has 5 nitrogen and oxygen atoms in total. The summed E-state index contributed by atoms with van der Waals surface area (Å²) >= 11 is 0. The van der Waals surface area contributed by atoms with Gasteiger partial charge in [-0.05, 0) is 17.7 Å². The topological polar surface area (TPSA) is 50.8 Å². The summed E-state index contributed by atoms with van der Waals surface area (Å²) in [5.41, 5.74) is 1.87. The number of methoxy groups -OCH3 is 2. The van der Waals surface area contributed by atoms with Crippen molar-refractivity contribution in [1.29, 1.82) is 0 Å². The van der Waals surface area contributed by atoms with E-state index in [1.54, 1.807) is 33.2 Å². The molecule has 0 fully saturated rings. The Morgan fingerprint density at radius 1 is 1.08 bits per heavy atom. The van der Waals surface area contributed by atoms with Gasteiger partial charge in [-0.3, -0.25) is 4.79 Å². The molecule has 0 unspecified atom stereocenters. The van der Waals surface area contributed by atoms with Gasteiger partial charge in [0.2, 0.25) is 5.91 Å². The normalized spacial score (nSPS) is 11.5. The quantitative estimate of drug-likeness (QED) is 0.847. The smallest absolute Gasteiger partial charge is 0.224 e. The molecular formula is C19H24N2O3. The Balaban J connectivity index is 2.30. The van der Waals surface area contributed by atoms with Crippen LogP contribution in [0.4, 0.5) is 5.69 Å². The molecule has 1 N–H and O–H groups in total. The maximum Gasteiger partial charge on any atom is 0.224 e. The summed E-state index contributed by atoms with van der Waals surface area (Å²) in [4.78, 5) is 13.8. The molecule has 1 atom stereocenters. The van der Waals surface area contributed by atoms with Crippen molar-refractivity contribution in [2.45, 2.75) is 12.5 Å². The summed E-state index contributed by atoms with van der Waals surface area (Å²) in [6.07, 6.45) is 0.353. The molecule has 2 aromatic carbocycles. The molecule has 0 radical (unpaired) electrons. The molecule has 0 aliphatic rings. The van der Waals surface area contributed by atoms with Crippen LogP contribution >= 0.6 is 0 Å². The Kier molecular flexibility index (Phi) is 6.07. The van der Waals surface area contributed by atoms with Crippen LogP contribution in [0.3, 0.4) is 0 Å². The fourth-order valence-electron chi connectivity index (χ4n) is 2.40. The summed E-state index contributed by atoms with van der Waals surface area (Å²) < 4.78 is 10.7. The largest absolute Gasteiger partial charge is 0.497 e. The molecule has 0 aromatic heterocycles. The first-order chi connectivity index (χ1) is 11.5. The Hall–Kier alpha value is -2.69. The zero-order chi connectivity index (χ0) is 17.5. The summed E-state index contributed by atoms with van der Waals surface area (Å²) in [5.74, 6) is 1.45. The van der Waals surface area contributed by atoms with Gasteiger partial charge in [-0.1, -0.05) is 30.3 Å². The molecule has 0 spiro atoms. The maximum absolute atomic E-state index is 12.2. The highest BCUT2D eigenvalue weighted by atomic mass is 16.5. The third-order valence-electron chi connectivity index (χ3n) is 3.82. The Bertz CT molecular complexity index is 672. The summed E-state index contributed by atoms with van der Waals surface area (Å²) in [6.45, 7) is 0. The van der Waals surface area contributed by atoms with Crippen LogP contribution in [0.2, 0.25) is 0 Å². The maximum atomic E-state index is 12.2. The monoisotopic (exact) mass is 328 g/mol. The van der Waals surface area contributed by atoms with Crippen molar-refractivity contribution in [2.24, 2.45) is 0 Å². The van der Waals surface area contributed by atoms with Gasteiger partial charge in [-0.25, -0.2) is 0 Å². The third kappa shape index (κ3) is 4.41. The van der Waals surface area contributed by atoms with Crippen molar-refractivity contribution in [3.05, 3.63) is 54.1 Å². The van der Waals surface area contributed by atoms with Crippen molar-refractivity contribution >= 4 is 11.6 Å². The fourth-order valence-corrected chi connectivity index (χ4v) is 2.40. The number of nitrogens with one attached hydrogen (secondary N) is 1. The molecule has 0 aliphatic carbocycles. The number of anilines is 1. The van der Waals surface area contributed by atoms with Crippen molar-refractivity contribution in [3.8, 4) is 11.5 Å².